The Morgan fingerprint density at radius 3 is 2.37 bits per heavy atom. The van der Waals surface area contributed by atoms with E-state index in [9.17, 15) is 4.79 Å². The minimum atomic E-state index is -0.713. The number of nitrogens with zero attached hydrogens (tertiary/aromatic N) is 6. The van der Waals surface area contributed by atoms with Crippen LogP contribution in [-0.4, -0.2) is 54.3 Å². The lowest BCUT2D eigenvalue weighted by atomic mass is 9.98. The van der Waals surface area contributed by atoms with Gasteiger partial charge < -0.3 is 14.6 Å². The number of nitrogens with one attached hydrogen (secondary N) is 1. The van der Waals surface area contributed by atoms with E-state index in [4.69, 9.17) is 10.1 Å². The molecule has 184 valence electrons. The van der Waals surface area contributed by atoms with Crippen molar-refractivity contribution in [2.45, 2.75) is 58.9 Å². The number of hydrogen-bond acceptors (Lipinski definition) is 6. The van der Waals surface area contributed by atoms with Crippen molar-refractivity contribution in [1.29, 1.82) is 0 Å². The summed E-state index contributed by atoms with van der Waals surface area (Å²) < 4.78 is 2.33. The Morgan fingerprint density at radius 1 is 0.943 bits per heavy atom. The Kier molecular flexibility index (Phi) is 8.07. The molecule has 0 unspecified atom stereocenters. The highest BCUT2D eigenvalue weighted by molar-refractivity contribution is 5.97. The molecule has 0 radical (unpaired) electrons. The lowest BCUT2D eigenvalue weighted by Crippen LogP contribution is -2.25. The zero-order valence-corrected chi connectivity index (χ0v) is 20.4. The number of benzene rings is 2. The minimum absolute atomic E-state index is 0.256. The van der Waals surface area contributed by atoms with Crippen molar-refractivity contribution in [1.82, 2.24) is 30.2 Å². The van der Waals surface area contributed by atoms with Crippen molar-refractivity contribution in [2.24, 2.45) is 0 Å². The van der Waals surface area contributed by atoms with Crippen LogP contribution in [0.5, 0.6) is 0 Å². The van der Waals surface area contributed by atoms with Crippen LogP contribution in [0.15, 0.2) is 42.5 Å². The average molecular weight is 476 g/mol. The molecule has 0 fully saturated rings. The van der Waals surface area contributed by atoms with Gasteiger partial charge in [0.05, 0.1) is 11.0 Å². The van der Waals surface area contributed by atoms with E-state index < -0.39 is 5.97 Å². The van der Waals surface area contributed by atoms with Crippen molar-refractivity contribution < 1.29 is 9.90 Å². The third kappa shape index (κ3) is 5.50. The van der Waals surface area contributed by atoms with Gasteiger partial charge in [-0.1, -0.05) is 55.7 Å². The number of hydrogen-bond donors (Lipinski definition) is 2. The number of carboxylic acid groups (broad SMARTS) is 1. The topological polar surface area (TPSA) is 113 Å². The van der Waals surface area contributed by atoms with Crippen LogP contribution in [-0.2, 0) is 11.3 Å². The predicted octanol–water partition coefficient (Wildman–Crippen LogP) is 5.15. The molecule has 0 amide bonds. The highest BCUT2D eigenvalue weighted by atomic mass is 16.4. The number of fused-ring (bicyclic) bond motifs is 1. The molecule has 0 spiro atoms. The van der Waals surface area contributed by atoms with Crippen LogP contribution in [0.25, 0.3) is 33.5 Å². The summed E-state index contributed by atoms with van der Waals surface area (Å²) in [6.07, 6.45) is 5.10. The van der Waals surface area contributed by atoms with Crippen LogP contribution in [0.1, 0.15) is 52.4 Å². The van der Waals surface area contributed by atoms with Gasteiger partial charge in [0.1, 0.15) is 0 Å². The minimum Gasteiger partial charge on any atom is -0.481 e. The number of aromatic amines is 1. The van der Waals surface area contributed by atoms with Gasteiger partial charge in [-0.05, 0) is 43.5 Å². The Labute approximate surface area is 205 Å². The first-order valence-corrected chi connectivity index (χ1v) is 12.4. The van der Waals surface area contributed by atoms with Crippen molar-refractivity contribution in [3.05, 3.63) is 42.5 Å². The molecule has 2 aromatic heterocycles. The third-order valence-corrected chi connectivity index (χ3v) is 6.38. The quantitative estimate of drug-likeness (QED) is 0.257. The fraction of sp³-hybridized carbons (Fsp3) is 0.423. The molecule has 0 aliphatic rings. The number of unbranched alkanes of at least 4 members (excludes halogenated alkanes) is 4. The number of para-hydroxylation sites is 1. The summed E-state index contributed by atoms with van der Waals surface area (Å²) in [6, 6.07) is 14.4. The molecule has 0 saturated heterocycles. The fourth-order valence-corrected chi connectivity index (χ4v) is 4.59. The monoisotopic (exact) mass is 475 g/mol. The number of imidazole rings is 1. The van der Waals surface area contributed by atoms with Crippen LogP contribution in [0.2, 0.25) is 0 Å². The third-order valence-electron chi connectivity index (χ3n) is 6.38. The summed E-state index contributed by atoms with van der Waals surface area (Å²) in [6.45, 7) is 6.94. The first-order chi connectivity index (χ1) is 17.1. The number of aliphatic carboxylic acids is 1. The van der Waals surface area contributed by atoms with E-state index >= 15 is 0 Å². The van der Waals surface area contributed by atoms with Gasteiger partial charge in [0, 0.05) is 37.2 Å². The number of carboxylic acids is 1. The second-order valence-corrected chi connectivity index (χ2v) is 8.60. The molecule has 0 bridgehead atoms. The molecule has 2 aromatic carbocycles. The van der Waals surface area contributed by atoms with Gasteiger partial charge in [0.25, 0.3) is 0 Å². The van der Waals surface area contributed by atoms with E-state index in [1.165, 1.54) is 0 Å². The summed E-state index contributed by atoms with van der Waals surface area (Å²) in [7, 11) is 0. The van der Waals surface area contributed by atoms with E-state index in [0.717, 1.165) is 85.4 Å². The first kappa shape index (κ1) is 24.4. The molecule has 4 rings (SSSR count). The molecule has 35 heavy (non-hydrogen) atoms. The highest BCUT2D eigenvalue weighted by Crippen LogP contribution is 2.36. The molecule has 9 nitrogen and oxygen atoms in total. The zero-order valence-electron chi connectivity index (χ0n) is 20.4. The van der Waals surface area contributed by atoms with Crippen molar-refractivity contribution in [3.63, 3.8) is 0 Å². The Bertz CT molecular complexity index is 1250. The second-order valence-electron chi connectivity index (χ2n) is 8.60. The number of anilines is 1. The summed E-state index contributed by atoms with van der Waals surface area (Å²) in [5.41, 5.74) is 5.05. The van der Waals surface area contributed by atoms with Crippen LogP contribution in [0.4, 0.5) is 5.95 Å². The lowest BCUT2D eigenvalue weighted by molar-refractivity contribution is -0.137. The predicted molar refractivity (Wildman–Crippen MR) is 137 cm³/mol. The van der Waals surface area contributed by atoms with E-state index in [0.29, 0.717) is 5.82 Å². The van der Waals surface area contributed by atoms with Gasteiger partial charge in [0.15, 0.2) is 0 Å². The Hall–Kier alpha value is -3.75. The maximum absolute atomic E-state index is 10.7. The van der Waals surface area contributed by atoms with Crippen LogP contribution in [0, 0.1) is 0 Å². The first-order valence-electron chi connectivity index (χ1n) is 12.4. The Morgan fingerprint density at radius 2 is 1.66 bits per heavy atom. The molecular formula is C26H33N7O2. The second kappa shape index (κ2) is 11.6. The smallest absolute Gasteiger partial charge is 0.303 e. The van der Waals surface area contributed by atoms with Gasteiger partial charge in [-0.3, -0.25) is 4.79 Å². The van der Waals surface area contributed by atoms with Gasteiger partial charge in [0.2, 0.25) is 11.8 Å². The van der Waals surface area contributed by atoms with Crippen molar-refractivity contribution >= 4 is 23.0 Å². The highest BCUT2D eigenvalue weighted by Gasteiger charge is 2.20. The van der Waals surface area contributed by atoms with E-state index in [-0.39, 0.29) is 6.42 Å². The van der Waals surface area contributed by atoms with E-state index in [2.05, 4.69) is 68.2 Å². The number of aryl methyl sites for hydroxylation is 1. The molecule has 2 N–H and O–H groups in total. The van der Waals surface area contributed by atoms with Crippen LogP contribution < -0.4 is 4.90 Å². The molecule has 0 atom stereocenters. The molecule has 4 aromatic rings. The van der Waals surface area contributed by atoms with Gasteiger partial charge >= 0.3 is 5.97 Å². The van der Waals surface area contributed by atoms with Crippen LogP contribution >= 0.6 is 0 Å². The molecule has 0 aliphatic heterocycles. The maximum atomic E-state index is 10.7. The summed E-state index contributed by atoms with van der Waals surface area (Å²) in [5.74, 6) is 0.833. The number of tetrazole rings is 1. The number of H-pyrrole nitrogens is 1. The standard InChI is InChI=1S/C26H33N7O2/c1-3-32(4-2)26-27-24-20(19-13-9-10-14-21(19)25-28-30-31-29-25)15-12-16-22(24)33(26)18-11-7-5-6-8-17-23(34)35/h9-10,12-16H,3-8,11,17-18H2,1-2H3,(H,34,35)(H,28,29,30,31). The number of aromatic nitrogens is 6. The summed E-state index contributed by atoms with van der Waals surface area (Å²) >= 11 is 0. The van der Waals surface area contributed by atoms with E-state index in [1.54, 1.807) is 0 Å². The van der Waals surface area contributed by atoms with E-state index in [1.807, 2.05) is 18.2 Å². The molecule has 0 aliphatic carbocycles. The largest absolute Gasteiger partial charge is 0.481 e. The van der Waals surface area contributed by atoms with Gasteiger partial charge in [-0.25, -0.2) is 4.98 Å². The lowest BCUT2D eigenvalue weighted by Gasteiger charge is -2.21. The van der Waals surface area contributed by atoms with Crippen molar-refractivity contribution in [3.8, 4) is 22.5 Å². The fourth-order valence-electron chi connectivity index (χ4n) is 4.59. The molecular weight excluding hydrogens is 442 g/mol. The zero-order chi connectivity index (χ0) is 24.6. The van der Waals surface area contributed by atoms with Crippen LogP contribution in [0.3, 0.4) is 0 Å². The van der Waals surface area contributed by atoms with Crippen molar-refractivity contribution in [2.75, 3.05) is 18.0 Å². The van der Waals surface area contributed by atoms with Gasteiger partial charge in [-0.15, -0.1) is 10.2 Å². The summed E-state index contributed by atoms with van der Waals surface area (Å²) in [5, 5.41) is 23.5. The number of rotatable bonds is 13. The molecule has 0 saturated carbocycles. The Balaban J connectivity index is 1.66. The SMILES string of the molecule is CCN(CC)c1nc2c(-c3ccccc3-c3nn[nH]n3)cccc2n1CCCCCCCC(=O)O. The molecule has 9 heteroatoms. The summed E-state index contributed by atoms with van der Waals surface area (Å²) in [4.78, 5) is 18.2. The normalized spacial score (nSPS) is 11.3. The molecule has 2 heterocycles. The average Bonchev–Trinajstić information content (AvgIpc) is 3.53. The number of carbonyl (C=O) groups is 1. The maximum Gasteiger partial charge on any atom is 0.303 e. The van der Waals surface area contributed by atoms with Gasteiger partial charge in [-0.2, -0.15) is 5.21 Å².